The summed E-state index contributed by atoms with van der Waals surface area (Å²) in [7, 11) is 0. The number of rotatable bonds is 5. The number of nitrogens with zero attached hydrogens (tertiary/aromatic N) is 2. The van der Waals surface area contributed by atoms with Crippen LogP contribution in [-0.2, 0) is 11.2 Å². The molecule has 0 saturated carbocycles. The van der Waals surface area contributed by atoms with E-state index in [1.807, 2.05) is 12.3 Å². The standard InChI is InChI=1S/C25H25N3OS/c26-25-28-23-15-21(14-22(24(23)30-25)20-2-1-11-27-16-20)19-7-5-17(6-8-19)3-4-18-9-12-29-13-10-18/h1-2,5-8,11,14-16,18H,3-4,9-10,12-13H2,(H2,26,28). The zero-order valence-electron chi connectivity index (χ0n) is 16.9. The van der Waals surface area contributed by atoms with Gasteiger partial charge in [-0.3, -0.25) is 4.98 Å². The third-order valence-corrected chi connectivity index (χ3v) is 6.88. The summed E-state index contributed by atoms with van der Waals surface area (Å²) in [5.74, 6) is 0.804. The van der Waals surface area contributed by atoms with Gasteiger partial charge in [0, 0.05) is 36.7 Å². The van der Waals surface area contributed by atoms with E-state index in [4.69, 9.17) is 10.5 Å². The zero-order chi connectivity index (χ0) is 20.3. The van der Waals surface area contributed by atoms with Crippen molar-refractivity contribution in [3.8, 4) is 22.3 Å². The number of hydrogen-bond acceptors (Lipinski definition) is 5. The van der Waals surface area contributed by atoms with Crippen LogP contribution >= 0.6 is 11.3 Å². The van der Waals surface area contributed by atoms with Crippen molar-refractivity contribution in [1.29, 1.82) is 0 Å². The van der Waals surface area contributed by atoms with Crippen molar-refractivity contribution in [2.45, 2.75) is 25.7 Å². The van der Waals surface area contributed by atoms with Crippen LogP contribution in [0.1, 0.15) is 24.8 Å². The van der Waals surface area contributed by atoms with Crippen LogP contribution in [0.15, 0.2) is 60.9 Å². The monoisotopic (exact) mass is 415 g/mol. The summed E-state index contributed by atoms with van der Waals surface area (Å²) in [5.41, 5.74) is 12.9. The van der Waals surface area contributed by atoms with Crippen LogP contribution in [0.5, 0.6) is 0 Å². The number of aryl methyl sites for hydroxylation is 1. The molecule has 0 radical (unpaired) electrons. The van der Waals surface area contributed by atoms with Gasteiger partial charge < -0.3 is 10.5 Å². The highest BCUT2D eigenvalue weighted by atomic mass is 32.1. The van der Waals surface area contributed by atoms with E-state index in [-0.39, 0.29) is 0 Å². The smallest absolute Gasteiger partial charge is 0.181 e. The number of thiazole rings is 1. The maximum Gasteiger partial charge on any atom is 0.181 e. The quantitative estimate of drug-likeness (QED) is 0.436. The SMILES string of the molecule is Nc1nc2cc(-c3ccc(CCC4CCOCC4)cc3)cc(-c3cccnc3)c2s1. The Morgan fingerprint density at radius 3 is 2.60 bits per heavy atom. The fourth-order valence-electron chi connectivity index (χ4n) is 4.22. The summed E-state index contributed by atoms with van der Waals surface area (Å²) in [4.78, 5) is 8.84. The predicted molar refractivity (Wildman–Crippen MR) is 125 cm³/mol. The van der Waals surface area contributed by atoms with Gasteiger partial charge in [0.05, 0.1) is 10.2 Å². The fraction of sp³-hybridized carbons (Fsp3) is 0.280. The van der Waals surface area contributed by atoms with Crippen molar-refractivity contribution in [3.63, 3.8) is 0 Å². The highest BCUT2D eigenvalue weighted by Crippen LogP contribution is 2.37. The third kappa shape index (κ3) is 4.09. The Morgan fingerprint density at radius 1 is 1.00 bits per heavy atom. The maximum atomic E-state index is 6.02. The van der Waals surface area contributed by atoms with Gasteiger partial charge >= 0.3 is 0 Å². The van der Waals surface area contributed by atoms with E-state index in [2.05, 4.69) is 52.4 Å². The van der Waals surface area contributed by atoms with E-state index < -0.39 is 0 Å². The molecule has 0 bridgehead atoms. The van der Waals surface area contributed by atoms with Crippen LogP contribution < -0.4 is 5.73 Å². The molecule has 152 valence electrons. The second kappa shape index (κ2) is 8.54. The Morgan fingerprint density at radius 2 is 1.83 bits per heavy atom. The lowest BCUT2D eigenvalue weighted by Crippen LogP contribution is -2.16. The molecule has 0 atom stereocenters. The van der Waals surface area contributed by atoms with Gasteiger partial charge in [0.25, 0.3) is 0 Å². The van der Waals surface area contributed by atoms with Crippen LogP contribution in [0.2, 0.25) is 0 Å². The Balaban J connectivity index is 1.43. The molecular weight excluding hydrogens is 390 g/mol. The highest BCUT2D eigenvalue weighted by Gasteiger charge is 2.14. The zero-order valence-corrected chi connectivity index (χ0v) is 17.7. The number of pyridine rings is 1. The number of nitrogens with two attached hydrogens (primary N) is 1. The first-order valence-electron chi connectivity index (χ1n) is 10.5. The largest absolute Gasteiger partial charge is 0.381 e. The summed E-state index contributed by atoms with van der Waals surface area (Å²) in [5, 5.41) is 0.593. The Bertz CT molecular complexity index is 1130. The number of benzene rings is 2. The lowest BCUT2D eigenvalue weighted by atomic mass is 9.92. The summed E-state index contributed by atoms with van der Waals surface area (Å²) < 4.78 is 6.58. The van der Waals surface area contributed by atoms with Crippen LogP contribution in [-0.4, -0.2) is 23.2 Å². The van der Waals surface area contributed by atoms with E-state index in [0.29, 0.717) is 5.13 Å². The van der Waals surface area contributed by atoms with Gasteiger partial charge in [-0.1, -0.05) is 41.7 Å². The molecule has 5 rings (SSSR count). The van der Waals surface area contributed by atoms with Gasteiger partial charge in [-0.15, -0.1) is 0 Å². The van der Waals surface area contributed by atoms with Gasteiger partial charge in [-0.2, -0.15) is 0 Å². The molecule has 3 heterocycles. The molecule has 0 unspecified atom stereocenters. The van der Waals surface area contributed by atoms with Crippen molar-refractivity contribution >= 4 is 26.7 Å². The first-order chi connectivity index (χ1) is 14.8. The number of nitrogen functional groups attached to an aromatic ring is 1. The van der Waals surface area contributed by atoms with Crippen LogP contribution in [0, 0.1) is 5.92 Å². The van der Waals surface area contributed by atoms with E-state index in [1.54, 1.807) is 6.20 Å². The highest BCUT2D eigenvalue weighted by molar-refractivity contribution is 7.22. The van der Waals surface area contributed by atoms with Crippen molar-refractivity contribution < 1.29 is 4.74 Å². The number of hydrogen-bond donors (Lipinski definition) is 1. The van der Waals surface area contributed by atoms with Crippen LogP contribution in [0.3, 0.4) is 0 Å². The Hall–Kier alpha value is -2.76. The molecule has 1 saturated heterocycles. The molecule has 0 aliphatic carbocycles. The van der Waals surface area contributed by atoms with E-state index in [1.165, 1.54) is 41.7 Å². The van der Waals surface area contributed by atoms with Crippen molar-refractivity contribution in [1.82, 2.24) is 9.97 Å². The minimum Gasteiger partial charge on any atom is -0.381 e. The maximum absolute atomic E-state index is 6.02. The molecule has 2 aromatic heterocycles. The Labute approximate surface area is 180 Å². The fourth-order valence-corrected chi connectivity index (χ4v) is 5.07. The van der Waals surface area contributed by atoms with Gasteiger partial charge in [0.15, 0.2) is 5.13 Å². The molecule has 0 amide bonds. The molecular formula is C25H25N3OS. The lowest BCUT2D eigenvalue weighted by molar-refractivity contribution is 0.0640. The molecule has 1 aliphatic heterocycles. The second-order valence-electron chi connectivity index (χ2n) is 7.96. The van der Waals surface area contributed by atoms with E-state index in [0.717, 1.165) is 52.5 Å². The van der Waals surface area contributed by atoms with Gasteiger partial charge in [-0.05, 0) is 66.5 Å². The molecule has 0 spiro atoms. The first kappa shape index (κ1) is 19.2. The number of anilines is 1. The second-order valence-corrected chi connectivity index (χ2v) is 8.99. The van der Waals surface area contributed by atoms with Gasteiger partial charge in [-0.25, -0.2) is 4.98 Å². The first-order valence-corrected chi connectivity index (χ1v) is 11.4. The normalized spacial score (nSPS) is 14.9. The Kier molecular flexibility index (Phi) is 5.47. The van der Waals surface area contributed by atoms with Gasteiger partial charge in [0.1, 0.15) is 0 Å². The van der Waals surface area contributed by atoms with E-state index >= 15 is 0 Å². The summed E-state index contributed by atoms with van der Waals surface area (Å²) >= 11 is 1.53. The number of ether oxygens (including phenoxy) is 1. The van der Waals surface area contributed by atoms with Crippen LogP contribution in [0.4, 0.5) is 5.13 Å². The minimum absolute atomic E-state index is 0.593. The number of aromatic nitrogens is 2. The summed E-state index contributed by atoms with van der Waals surface area (Å²) in [6.45, 7) is 1.85. The topological polar surface area (TPSA) is 61.0 Å². The van der Waals surface area contributed by atoms with Crippen LogP contribution in [0.25, 0.3) is 32.5 Å². The van der Waals surface area contributed by atoms with Crippen molar-refractivity contribution in [2.75, 3.05) is 18.9 Å². The van der Waals surface area contributed by atoms with Gasteiger partial charge in [0.2, 0.25) is 0 Å². The molecule has 4 aromatic rings. The average molecular weight is 416 g/mol. The summed E-state index contributed by atoms with van der Waals surface area (Å²) in [6.07, 6.45) is 8.47. The molecule has 5 heteroatoms. The molecule has 30 heavy (non-hydrogen) atoms. The molecule has 1 fully saturated rings. The lowest BCUT2D eigenvalue weighted by Gasteiger charge is -2.21. The third-order valence-electron chi connectivity index (χ3n) is 5.95. The van der Waals surface area contributed by atoms with Crippen molar-refractivity contribution in [3.05, 3.63) is 66.5 Å². The molecule has 4 nitrogen and oxygen atoms in total. The molecule has 1 aliphatic rings. The number of fused-ring (bicyclic) bond motifs is 1. The van der Waals surface area contributed by atoms with Crippen molar-refractivity contribution in [2.24, 2.45) is 5.92 Å². The average Bonchev–Trinajstić information content (AvgIpc) is 3.19. The summed E-state index contributed by atoms with van der Waals surface area (Å²) in [6, 6.07) is 17.4. The minimum atomic E-state index is 0.593. The molecule has 2 aromatic carbocycles. The van der Waals surface area contributed by atoms with E-state index in [9.17, 15) is 0 Å². The predicted octanol–water partition coefficient (Wildman–Crippen LogP) is 5.97. The molecule has 2 N–H and O–H groups in total.